The molecule has 0 saturated heterocycles. The molecule has 0 unspecified atom stereocenters. The summed E-state index contributed by atoms with van der Waals surface area (Å²) in [5.41, 5.74) is -0.709. The number of hydrogen-bond donors (Lipinski definition) is 2. The number of amides is 1. The number of halogens is 1. The van der Waals surface area contributed by atoms with Crippen LogP contribution in [0, 0.1) is 5.82 Å². The van der Waals surface area contributed by atoms with Gasteiger partial charge in [0.2, 0.25) is 0 Å². The van der Waals surface area contributed by atoms with E-state index < -0.39 is 11.4 Å². The van der Waals surface area contributed by atoms with Gasteiger partial charge in [-0.25, -0.2) is 4.39 Å². The summed E-state index contributed by atoms with van der Waals surface area (Å²) in [5, 5.41) is 12.8. The van der Waals surface area contributed by atoms with E-state index in [0.29, 0.717) is 6.42 Å². The minimum Gasteiger partial charge on any atom is -0.384 e. The molecule has 0 bridgehead atoms. The lowest BCUT2D eigenvalue weighted by Gasteiger charge is -2.27. The van der Waals surface area contributed by atoms with Gasteiger partial charge in [0.25, 0.3) is 5.91 Å². The van der Waals surface area contributed by atoms with Crippen molar-refractivity contribution in [3.05, 3.63) is 47.8 Å². The average Bonchev–Trinajstić information content (AvgIpc) is 2.37. The highest BCUT2D eigenvalue weighted by Crippen LogP contribution is 2.21. The summed E-state index contributed by atoms with van der Waals surface area (Å²) in [6.07, 6.45) is 6.14. The van der Waals surface area contributed by atoms with Gasteiger partial charge in [-0.3, -0.25) is 4.79 Å². The Balaban J connectivity index is 1.96. The van der Waals surface area contributed by atoms with Crippen LogP contribution in [0.4, 0.5) is 4.39 Å². The van der Waals surface area contributed by atoms with E-state index in [4.69, 9.17) is 0 Å². The molecule has 0 heterocycles. The lowest BCUT2D eigenvalue weighted by atomic mass is 9.91. The van der Waals surface area contributed by atoms with E-state index in [1.807, 2.05) is 6.08 Å². The number of hydrogen-bond acceptors (Lipinski definition) is 2. The Kier molecular flexibility index (Phi) is 3.77. The molecule has 0 aromatic heterocycles. The maximum Gasteiger partial charge on any atom is 0.251 e. The highest BCUT2D eigenvalue weighted by Gasteiger charge is 2.25. The fraction of sp³-hybridized carbons (Fsp3) is 0.357. The highest BCUT2D eigenvalue weighted by atomic mass is 19.1. The van der Waals surface area contributed by atoms with Crippen LogP contribution in [-0.2, 0) is 0 Å². The Bertz CT molecular complexity index is 473. The van der Waals surface area contributed by atoms with Crippen LogP contribution < -0.4 is 5.32 Å². The van der Waals surface area contributed by atoms with Gasteiger partial charge in [-0.05, 0) is 37.5 Å². The van der Waals surface area contributed by atoms with Crippen molar-refractivity contribution in [2.24, 2.45) is 0 Å². The summed E-state index contributed by atoms with van der Waals surface area (Å²) in [6.45, 7) is 0.152. The smallest absolute Gasteiger partial charge is 0.251 e. The number of rotatable bonds is 3. The number of nitrogens with one attached hydrogen (secondary N) is 1. The normalized spacial score (nSPS) is 22.8. The molecular formula is C14H16FNO2. The maximum atomic E-state index is 13.0. The zero-order valence-corrected chi connectivity index (χ0v) is 10.0. The molecule has 0 aliphatic heterocycles. The quantitative estimate of drug-likeness (QED) is 0.805. The summed E-state index contributed by atoms with van der Waals surface area (Å²) in [5.74, 6) is -0.819. The van der Waals surface area contributed by atoms with Crippen molar-refractivity contribution in [1.29, 1.82) is 0 Å². The Labute approximate surface area is 105 Å². The van der Waals surface area contributed by atoms with Gasteiger partial charge < -0.3 is 10.4 Å². The molecule has 96 valence electrons. The lowest BCUT2D eigenvalue weighted by molar-refractivity contribution is 0.0660. The molecule has 1 amide bonds. The highest BCUT2D eigenvalue weighted by molar-refractivity contribution is 5.94. The van der Waals surface area contributed by atoms with Gasteiger partial charge in [-0.2, -0.15) is 0 Å². The molecule has 2 rings (SSSR count). The number of allylic oxidation sites excluding steroid dienone is 1. The summed E-state index contributed by atoms with van der Waals surface area (Å²) in [4.78, 5) is 11.8. The third kappa shape index (κ3) is 3.17. The fourth-order valence-corrected chi connectivity index (χ4v) is 2.02. The summed E-state index contributed by atoms with van der Waals surface area (Å²) < 4.78 is 13.0. The molecule has 0 radical (unpaired) electrons. The zero-order valence-electron chi connectivity index (χ0n) is 10.0. The maximum absolute atomic E-state index is 13.0. The minimum absolute atomic E-state index is 0.152. The monoisotopic (exact) mass is 249 g/mol. The second-order valence-corrected chi connectivity index (χ2v) is 4.59. The third-order valence-corrected chi connectivity index (χ3v) is 3.05. The second kappa shape index (κ2) is 5.31. The molecule has 18 heavy (non-hydrogen) atoms. The molecule has 4 heteroatoms. The van der Waals surface area contributed by atoms with Gasteiger partial charge in [0.15, 0.2) is 0 Å². The van der Waals surface area contributed by atoms with Gasteiger partial charge >= 0.3 is 0 Å². The molecule has 1 atom stereocenters. The van der Waals surface area contributed by atoms with E-state index in [-0.39, 0.29) is 18.0 Å². The van der Waals surface area contributed by atoms with Gasteiger partial charge in [0, 0.05) is 5.56 Å². The van der Waals surface area contributed by atoms with Crippen LogP contribution in [0.2, 0.25) is 0 Å². The first-order chi connectivity index (χ1) is 8.59. The van der Waals surface area contributed by atoms with Crippen molar-refractivity contribution in [3.63, 3.8) is 0 Å². The molecule has 0 spiro atoms. The van der Waals surface area contributed by atoms with Crippen molar-refractivity contribution in [2.45, 2.75) is 24.9 Å². The molecule has 2 N–H and O–H groups in total. The van der Waals surface area contributed by atoms with Crippen LogP contribution in [-0.4, -0.2) is 23.2 Å². The van der Waals surface area contributed by atoms with Crippen molar-refractivity contribution < 1.29 is 14.3 Å². The molecule has 1 aromatic rings. The number of aliphatic hydroxyl groups is 1. The van der Waals surface area contributed by atoms with Crippen LogP contribution in [0.3, 0.4) is 0 Å². The van der Waals surface area contributed by atoms with Crippen LogP contribution in [0.5, 0.6) is 0 Å². The predicted octanol–water partition coefficient (Wildman–Crippen LogP) is 2.03. The largest absolute Gasteiger partial charge is 0.384 e. The van der Waals surface area contributed by atoms with Crippen LogP contribution in [0.25, 0.3) is 0 Å². The molecule has 1 aromatic carbocycles. The second-order valence-electron chi connectivity index (χ2n) is 4.59. The lowest BCUT2D eigenvalue weighted by Crippen LogP contribution is -2.42. The minimum atomic E-state index is -0.971. The SMILES string of the molecule is O=C(NC[C@]1(O)C=CCCC1)c1cccc(F)c1. The summed E-state index contributed by atoms with van der Waals surface area (Å²) in [6, 6.07) is 5.49. The first-order valence-electron chi connectivity index (χ1n) is 6.03. The van der Waals surface area contributed by atoms with Gasteiger partial charge in [0.1, 0.15) is 5.82 Å². The number of carbonyl (C=O) groups excluding carboxylic acids is 1. The predicted molar refractivity (Wildman–Crippen MR) is 66.7 cm³/mol. The topological polar surface area (TPSA) is 49.3 Å². The van der Waals surface area contributed by atoms with E-state index >= 15 is 0 Å². The first kappa shape index (κ1) is 12.8. The first-order valence-corrected chi connectivity index (χ1v) is 6.03. The zero-order chi connectivity index (χ0) is 13.0. The number of carbonyl (C=O) groups is 1. The van der Waals surface area contributed by atoms with Crippen LogP contribution in [0.15, 0.2) is 36.4 Å². The Morgan fingerprint density at radius 3 is 3.00 bits per heavy atom. The fourth-order valence-electron chi connectivity index (χ4n) is 2.02. The molecular weight excluding hydrogens is 233 g/mol. The van der Waals surface area contributed by atoms with Gasteiger partial charge in [0.05, 0.1) is 12.1 Å². The van der Waals surface area contributed by atoms with E-state index in [0.717, 1.165) is 12.8 Å². The van der Waals surface area contributed by atoms with Gasteiger partial charge in [-0.1, -0.05) is 18.2 Å². The Morgan fingerprint density at radius 1 is 1.50 bits per heavy atom. The summed E-state index contributed by atoms with van der Waals surface area (Å²) >= 11 is 0. The molecule has 0 saturated carbocycles. The van der Waals surface area contributed by atoms with Crippen molar-refractivity contribution in [2.75, 3.05) is 6.54 Å². The van der Waals surface area contributed by atoms with E-state index in [1.165, 1.54) is 18.2 Å². The van der Waals surface area contributed by atoms with E-state index in [9.17, 15) is 14.3 Å². The van der Waals surface area contributed by atoms with Gasteiger partial charge in [-0.15, -0.1) is 0 Å². The summed E-state index contributed by atoms with van der Waals surface area (Å²) in [7, 11) is 0. The van der Waals surface area contributed by atoms with Crippen molar-refractivity contribution in [1.82, 2.24) is 5.32 Å². The van der Waals surface area contributed by atoms with Crippen molar-refractivity contribution >= 4 is 5.91 Å². The van der Waals surface area contributed by atoms with Crippen LogP contribution in [0.1, 0.15) is 29.6 Å². The Hall–Kier alpha value is -1.68. The molecule has 3 nitrogen and oxygen atoms in total. The number of benzene rings is 1. The molecule has 1 aliphatic carbocycles. The van der Waals surface area contributed by atoms with E-state index in [2.05, 4.69) is 5.32 Å². The molecule has 1 aliphatic rings. The third-order valence-electron chi connectivity index (χ3n) is 3.05. The Morgan fingerprint density at radius 2 is 2.33 bits per heavy atom. The van der Waals surface area contributed by atoms with E-state index in [1.54, 1.807) is 12.1 Å². The van der Waals surface area contributed by atoms with Crippen molar-refractivity contribution in [3.8, 4) is 0 Å². The standard InChI is InChI=1S/C14H16FNO2/c15-12-6-4-5-11(9-12)13(17)16-10-14(18)7-2-1-3-8-14/h2,4-7,9,18H,1,3,8,10H2,(H,16,17)/t14-/m0/s1. The van der Waals surface area contributed by atoms with Crippen LogP contribution >= 0.6 is 0 Å². The average molecular weight is 249 g/mol. The molecule has 0 fully saturated rings.